The molecule has 0 saturated carbocycles. The summed E-state index contributed by atoms with van der Waals surface area (Å²) in [5.41, 5.74) is 2.78. The normalized spacial score (nSPS) is 21.3. The first-order chi connectivity index (χ1) is 9.13. The molecule has 5 heteroatoms. The number of hydrogen-bond acceptors (Lipinski definition) is 3. The van der Waals surface area contributed by atoms with E-state index in [1.54, 1.807) is 11.6 Å². The lowest BCUT2D eigenvalue weighted by Gasteiger charge is -2.36. The van der Waals surface area contributed by atoms with Gasteiger partial charge in [-0.05, 0) is 30.7 Å². The zero-order chi connectivity index (χ0) is 13.5. The molecule has 0 unspecified atom stereocenters. The third kappa shape index (κ3) is 2.03. The van der Waals surface area contributed by atoms with Crippen LogP contribution in [0.15, 0.2) is 46.7 Å². The molecule has 0 bridgehead atoms. The van der Waals surface area contributed by atoms with Crippen LogP contribution in [0.25, 0.3) is 6.20 Å². The summed E-state index contributed by atoms with van der Waals surface area (Å²) in [5.74, 6) is 0. The summed E-state index contributed by atoms with van der Waals surface area (Å²) in [5, 5.41) is 9.45. The topological polar surface area (TPSA) is 29.9 Å². The Balaban J connectivity index is 2.19. The molecule has 2 aromatic rings. The van der Waals surface area contributed by atoms with Gasteiger partial charge in [0.2, 0.25) is 0 Å². The predicted octanol–water partition coefficient (Wildman–Crippen LogP) is 3.31. The van der Waals surface area contributed by atoms with E-state index in [2.05, 4.69) is 45.4 Å². The van der Waals surface area contributed by atoms with E-state index >= 15 is 0 Å². The van der Waals surface area contributed by atoms with Gasteiger partial charge in [0.1, 0.15) is 5.54 Å². The van der Waals surface area contributed by atoms with Crippen LogP contribution in [0, 0.1) is 0 Å². The quantitative estimate of drug-likeness (QED) is 0.855. The molecule has 0 aliphatic carbocycles. The van der Waals surface area contributed by atoms with Gasteiger partial charge in [-0.15, -0.1) is 0 Å². The summed E-state index contributed by atoms with van der Waals surface area (Å²) in [7, 11) is 0. The van der Waals surface area contributed by atoms with Crippen molar-refractivity contribution in [1.29, 1.82) is 0 Å². The van der Waals surface area contributed by atoms with Gasteiger partial charge in [0.15, 0.2) is 0 Å². The average molecular weight is 334 g/mol. The fraction of sp³-hybridized carbons (Fsp3) is 0.143. The maximum absolute atomic E-state index is 5.05. The zero-order valence-electron chi connectivity index (χ0n) is 10.3. The van der Waals surface area contributed by atoms with E-state index in [1.165, 1.54) is 0 Å². The minimum Gasteiger partial charge on any atom is -0.369 e. The number of halogens is 1. The Hall–Kier alpha value is -1.46. The van der Waals surface area contributed by atoms with Crippen LogP contribution in [0.2, 0.25) is 0 Å². The van der Waals surface area contributed by atoms with Crippen molar-refractivity contribution in [2.75, 3.05) is 0 Å². The van der Waals surface area contributed by atoms with E-state index in [0.29, 0.717) is 0 Å². The van der Waals surface area contributed by atoms with Crippen LogP contribution in [-0.4, -0.2) is 15.1 Å². The van der Waals surface area contributed by atoms with Gasteiger partial charge in [-0.25, -0.2) is 4.68 Å². The summed E-state index contributed by atoms with van der Waals surface area (Å²) >= 11 is 8.57. The Labute approximate surface area is 125 Å². The Morgan fingerprint density at radius 2 is 2.26 bits per heavy atom. The molecule has 2 heterocycles. The average Bonchev–Trinajstić information content (AvgIpc) is 2.87. The summed E-state index contributed by atoms with van der Waals surface area (Å²) in [6, 6.07) is 10.3. The number of thiocarbonyl (C=S) groups is 1. The highest BCUT2D eigenvalue weighted by Crippen LogP contribution is 2.33. The molecule has 0 radical (unpaired) electrons. The van der Waals surface area contributed by atoms with E-state index in [0.717, 1.165) is 21.4 Å². The van der Waals surface area contributed by atoms with Crippen molar-refractivity contribution in [2.45, 2.75) is 12.5 Å². The molecule has 1 aromatic heterocycles. The Kier molecular flexibility index (Phi) is 3.03. The number of allylic oxidation sites excluding steroid dienone is 1. The summed E-state index contributed by atoms with van der Waals surface area (Å²) < 4.78 is 2.92. The lowest BCUT2D eigenvalue weighted by atomic mass is 9.87. The molecular formula is C14H12BrN3S. The highest BCUT2D eigenvalue weighted by atomic mass is 79.9. The molecule has 3 nitrogen and oxygen atoms in total. The first kappa shape index (κ1) is 12.6. The second-order valence-electron chi connectivity index (χ2n) is 4.62. The van der Waals surface area contributed by atoms with Crippen LogP contribution >= 0.6 is 28.1 Å². The minimum absolute atomic E-state index is 0.348. The van der Waals surface area contributed by atoms with Crippen molar-refractivity contribution in [3.05, 3.63) is 58.0 Å². The van der Waals surface area contributed by atoms with Gasteiger partial charge >= 0.3 is 0 Å². The number of rotatable bonds is 2. The SMILES string of the molecule is C[C@]1(c2cccc(Br)c2)NC(C=S)=Cn2nccc21. The second-order valence-corrected chi connectivity index (χ2v) is 5.78. The lowest BCUT2D eigenvalue weighted by molar-refractivity contribution is 0.459. The molecule has 0 saturated heterocycles. The fourth-order valence-electron chi connectivity index (χ4n) is 2.41. The summed E-state index contributed by atoms with van der Waals surface area (Å²) in [4.78, 5) is 0. The van der Waals surface area contributed by atoms with E-state index in [1.807, 2.05) is 29.1 Å². The lowest BCUT2D eigenvalue weighted by Crippen LogP contribution is -2.44. The number of fused-ring (bicyclic) bond motifs is 1. The molecule has 96 valence electrons. The van der Waals surface area contributed by atoms with Crippen LogP contribution in [0.3, 0.4) is 0 Å². The van der Waals surface area contributed by atoms with E-state index in [-0.39, 0.29) is 5.54 Å². The van der Waals surface area contributed by atoms with Crippen LogP contribution in [-0.2, 0) is 5.54 Å². The maximum atomic E-state index is 5.05. The van der Waals surface area contributed by atoms with E-state index < -0.39 is 0 Å². The van der Waals surface area contributed by atoms with Crippen molar-refractivity contribution in [1.82, 2.24) is 15.1 Å². The third-order valence-corrected chi connectivity index (χ3v) is 4.11. The number of aromatic nitrogens is 2. The van der Waals surface area contributed by atoms with Gasteiger partial charge in [-0.3, -0.25) is 0 Å². The van der Waals surface area contributed by atoms with Crippen LogP contribution in [0.1, 0.15) is 18.2 Å². The molecule has 1 aliphatic rings. The van der Waals surface area contributed by atoms with Crippen molar-refractivity contribution in [3.8, 4) is 0 Å². The number of benzene rings is 1. The highest BCUT2D eigenvalue weighted by molar-refractivity contribution is 9.10. The van der Waals surface area contributed by atoms with Crippen LogP contribution in [0.4, 0.5) is 0 Å². The second kappa shape index (κ2) is 4.58. The largest absolute Gasteiger partial charge is 0.369 e. The zero-order valence-corrected chi connectivity index (χ0v) is 12.7. The van der Waals surface area contributed by atoms with Crippen molar-refractivity contribution < 1.29 is 0 Å². The number of hydrogen-bond donors (Lipinski definition) is 1. The fourth-order valence-corrected chi connectivity index (χ4v) is 2.93. The van der Waals surface area contributed by atoms with Gasteiger partial charge in [0.05, 0.1) is 17.6 Å². The molecule has 1 aromatic carbocycles. The van der Waals surface area contributed by atoms with Crippen LogP contribution < -0.4 is 5.32 Å². The van der Waals surface area contributed by atoms with Crippen LogP contribution in [0.5, 0.6) is 0 Å². The Morgan fingerprint density at radius 3 is 3.00 bits per heavy atom. The smallest absolute Gasteiger partial charge is 0.102 e. The molecule has 3 rings (SSSR count). The molecule has 1 aliphatic heterocycles. The summed E-state index contributed by atoms with van der Waals surface area (Å²) in [6.07, 6.45) is 3.71. The monoisotopic (exact) mass is 333 g/mol. The first-order valence-corrected chi connectivity index (χ1v) is 7.15. The number of nitrogens with zero attached hydrogens (tertiary/aromatic N) is 2. The molecule has 19 heavy (non-hydrogen) atoms. The van der Waals surface area contributed by atoms with Gasteiger partial charge in [-0.1, -0.05) is 40.3 Å². The Bertz CT molecular complexity index is 677. The number of nitrogens with one attached hydrogen (secondary N) is 1. The van der Waals surface area contributed by atoms with Crippen molar-refractivity contribution in [2.24, 2.45) is 0 Å². The molecule has 1 N–H and O–H groups in total. The molecule has 1 atom stereocenters. The highest BCUT2D eigenvalue weighted by Gasteiger charge is 2.35. The maximum Gasteiger partial charge on any atom is 0.102 e. The van der Waals surface area contributed by atoms with E-state index in [4.69, 9.17) is 12.2 Å². The standard InChI is InChI=1S/C14H12BrN3S/c1-14(10-3-2-4-11(15)7-10)13-5-6-16-18(13)8-12(9-19)17-14/h2-9,17H,1H3/t14-/m1/s1. The Morgan fingerprint density at radius 1 is 1.42 bits per heavy atom. The first-order valence-electron chi connectivity index (χ1n) is 5.89. The van der Waals surface area contributed by atoms with Gasteiger partial charge in [-0.2, -0.15) is 5.10 Å². The molecule has 0 spiro atoms. The van der Waals surface area contributed by atoms with Crippen molar-refractivity contribution in [3.63, 3.8) is 0 Å². The van der Waals surface area contributed by atoms with Gasteiger partial charge < -0.3 is 5.32 Å². The van der Waals surface area contributed by atoms with Gasteiger partial charge in [0, 0.05) is 16.0 Å². The minimum atomic E-state index is -0.348. The molecule has 0 fully saturated rings. The van der Waals surface area contributed by atoms with Crippen molar-refractivity contribution >= 4 is 39.7 Å². The molecule has 0 amide bonds. The van der Waals surface area contributed by atoms with E-state index in [9.17, 15) is 0 Å². The molecular weight excluding hydrogens is 322 g/mol. The predicted molar refractivity (Wildman–Crippen MR) is 83.9 cm³/mol. The summed E-state index contributed by atoms with van der Waals surface area (Å²) in [6.45, 7) is 2.13. The third-order valence-electron chi connectivity index (χ3n) is 3.37. The van der Waals surface area contributed by atoms with Gasteiger partial charge in [0.25, 0.3) is 0 Å².